The van der Waals surface area contributed by atoms with Crippen molar-refractivity contribution in [3.05, 3.63) is 24.3 Å². The number of rotatable bonds is 3. The van der Waals surface area contributed by atoms with Crippen LogP contribution < -0.4 is 5.73 Å². The predicted octanol–water partition coefficient (Wildman–Crippen LogP) is -0.698. The van der Waals surface area contributed by atoms with Crippen LogP contribution in [-0.2, 0) is 6.42 Å². The van der Waals surface area contributed by atoms with Crippen molar-refractivity contribution >= 4 is 5.82 Å². The molecule has 2 aromatic rings. The number of nitrogens with two attached hydrogens (primary N) is 1. The summed E-state index contributed by atoms with van der Waals surface area (Å²) >= 11 is 0. The molecule has 0 aliphatic carbocycles. The topological polar surface area (TPSA) is 121 Å². The quantitative estimate of drug-likeness (QED) is 0.509. The second kappa shape index (κ2) is 4.25. The van der Waals surface area contributed by atoms with E-state index in [0.717, 1.165) is 5.56 Å². The van der Waals surface area contributed by atoms with Crippen molar-refractivity contribution in [1.29, 1.82) is 0 Å². The van der Waals surface area contributed by atoms with Gasteiger partial charge in [0, 0.05) is 23.7 Å². The molecule has 16 heavy (non-hydrogen) atoms. The first-order valence-corrected chi connectivity index (χ1v) is 4.63. The number of aromatic amines is 1. The summed E-state index contributed by atoms with van der Waals surface area (Å²) in [5.74, 6) is 0.235. The molecule has 0 aliphatic heterocycles. The zero-order valence-corrected chi connectivity index (χ0v) is 8.33. The molecule has 0 aromatic carbocycles. The molecule has 0 amide bonds. The van der Waals surface area contributed by atoms with E-state index in [9.17, 15) is 0 Å². The Labute approximate surface area is 91.0 Å². The molecule has 5 N–H and O–H groups in total. The second-order valence-electron chi connectivity index (χ2n) is 3.26. The minimum Gasteiger partial charge on any atom is -0.383 e. The highest BCUT2D eigenvalue weighted by Crippen LogP contribution is 2.23. The summed E-state index contributed by atoms with van der Waals surface area (Å²) < 4.78 is 0. The Balaban J connectivity index is 2.48. The SMILES string of the molecule is Nc1ncnc(-c2cn[nH]c2)c1CC(O)O. The van der Waals surface area contributed by atoms with Gasteiger partial charge in [-0.2, -0.15) is 5.10 Å². The average Bonchev–Trinajstić information content (AvgIpc) is 2.73. The molecule has 0 unspecified atom stereocenters. The van der Waals surface area contributed by atoms with Crippen LogP contribution in [0.3, 0.4) is 0 Å². The van der Waals surface area contributed by atoms with Gasteiger partial charge in [-0.3, -0.25) is 5.10 Å². The number of nitrogens with zero attached hydrogens (tertiary/aromatic N) is 3. The van der Waals surface area contributed by atoms with E-state index in [1.807, 2.05) is 0 Å². The number of aromatic nitrogens is 4. The summed E-state index contributed by atoms with van der Waals surface area (Å²) in [5.41, 5.74) is 7.45. The third kappa shape index (κ3) is 2.00. The van der Waals surface area contributed by atoms with Crippen LogP contribution in [0.1, 0.15) is 5.56 Å². The van der Waals surface area contributed by atoms with Gasteiger partial charge in [0.25, 0.3) is 0 Å². The number of H-pyrrole nitrogens is 1. The molecule has 2 heterocycles. The summed E-state index contributed by atoms with van der Waals surface area (Å²) in [4.78, 5) is 7.88. The number of aliphatic hydroxyl groups excluding tert-OH is 1. The van der Waals surface area contributed by atoms with Crippen molar-refractivity contribution < 1.29 is 10.2 Å². The van der Waals surface area contributed by atoms with E-state index in [1.54, 1.807) is 12.4 Å². The molecule has 0 atom stereocenters. The minimum absolute atomic E-state index is 0.0206. The molecule has 7 nitrogen and oxygen atoms in total. The van der Waals surface area contributed by atoms with Gasteiger partial charge in [0.05, 0.1) is 11.9 Å². The van der Waals surface area contributed by atoms with E-state index in [-0.39, 0.29) is 12.2 Å². The highest BCUT2D eigenvalue weighted by molar-refractivity contribution is 5.66. The van der Waals surface area contributed by atoms with Gasteiger partial charge in [-0.1, -0.05) is 0 Å². The number of anilines is 1. The van der Waals surface area contributed by atoms with Crippen molar-refractivity contribution in [3.63, 3.8) is 0 Å². The maximum atomic E-state index is 8.97. The Morgan fingerprint density at radius 3 is 2.81 bits per heavy atom. The molecular formula is C9H11N5O2. The normalized spacial score (nSPS) is 10.9. The lowest BCUT2D eigenvalue weighted by molar-refractivity contribution is -0.0380. The molecule has 0 saturated carbocycles. The van der Waals surface area contributed by atoms with Crippen LogP contribution in [-0.4, -0.2) is 36.7 Å². The predicted molar refractivity (Wildman–Crippen MR) is 56.0 cm³/mol. The molecular weight excluding hydrogens is 210 g/mol. The maximum Gasteiger partial charge on any atom is 0.155 e. The van der Waals surface area contributed by atoms with E-state index in [0.29, 0.717) is 11.3 Å². The van der Waals surface area contributed by atoms with E-state index in [1.165, 1.54) is 6.33 Å². The molecule has 2 rings (SSSR count). The zero-order valence-electron chi connectivity index (χ0n) is 8.33. The monoisotopic (exact) mass is 221 g/mol. The van der Waals surface area contributed by atoms with Crippen LogP contribution in [0.2, 0.25) is 0 Å². The van der Waals surface area contributed by atoms with Gasteiger partial charge in [0.15, 0.2) is 6.29 Å². The number of aliphatic hydroxyl groups is 2. The highest BCUT2D eigenvalue weighted by Gasteiger charge is 2.14. The van der Waals surface area contributed by atoms with Gasteiger partial charge in [0.2, 0.25) is 0 Å². The van der Waals surface area contributed by atoms with Crippen LogP contribution in [0.15, 0.2) is 18.7 Å². The average molecular weight is 221 g/mol. The van der Waals surface area contributed by atoms with Crippen molar-refractivity contribution in [1.82, 2.24) is 20.2 Å². The fourth-order valence-electron chi connectivity index (χ4n) is 1.44. The Morgan fingerprint density at radius 1 is 1.38 bits per heavy atom. The van der Waals surface area contributed by atoms with Gasteiger partial charge in [-0.25, -0.2) is 9.97 Å². The fraction of sp³-hybridized carbons (Fsp3) is 0.222. The maximum absolute atomic E-state index is 8.97. The molecule has 0 spiro atoms. The smallest absolute Gasteiger partial charge is 0.155 e. The van der Waals surface area contributed by atoms with Crippen molar-refractivity contribution in [2.45, 2.75) is 12.7 Å². The van der Waals surface area contributed by atoms with Crippen LogP contribution >= 0.6 is 0 Å². The van der Waals surface area contributed by atoms with Gasteiger partial charge in [-0.05, 0) is 0 Å². The molecule has 0 bridgehead atoms. The summed E-state index contributed by atoms with van der Waals surface area (Å²) in [5, 5.41) is 24.4. The Kier molecular flexibility index (Phi) is 2.80. The van der Waals surface area contributed by atoms with Gasteiger partial charge in [-0.15, -0.1) is 0 Å². The number of hydrogen-bond donors (Lipinski definition) is 4. The van der Waals surface area contributed by atoms with E-state index < -0.39 is 6.29 Å². The summed E-state index contributed by atoms with van der Waals surface area (Å²) in [6.45, 7) is 0. The van der Waals surface area contributed by atoms with Crippen molar-refractivity contribution in [3.8, 4) is 11.3 Å². The van der Waals surface area contributed by atoms with Crippen LogP contribution in [0, 0.1) is 0 Å². The van der Waals surface area contributed by atoms with Gasteiger partial charge < -0.3 is 15.9 Å². The highest BCUT2D eigenvalue weighted by atomic mass is 16.5. The molecule has 0 fully saturated rings. The van der Waals surface area contributed by atoms with Crippen molar-refractivity contribution in [2.75, 3.05) is 5.73 Å². The molecule has 0 aliphatic rings. The van der Waals surface area contributed by atoms with Crippen molar-refractivity contribution in [2.24, 2.45) is 0 Å². The number of nitrogen functional groups attached to an aromatic ring is 1. The molecule has 7 heteroatoms. The summed E-state index contributed by atoms with van der Waals surface area (Å²) in [6, 6.07) is 0. The van der Waals surface area contributed by atoms with E-state index >= 15 is 0 Å². The summed E-state index contributed by atoms with van der Waals surface area (Å²) in [7, 11) is 0. The third-order valence-corrected chi connectivity index (χ3v) is 2.14. The molecule has 0 saturated heterocycles. The lowest BCUT2D eigenvalue weighted by Crippen LogP contribution is -2.12. The second-order valence-corrected chi connectivity index (χ2v) is 3.26. The summed E-state index contributed by atoms with van der Waals surface area (Å²) in [6.07, 6.45) is 3.04. The molecule has 84 valence electrons. The molecule has 0 radical (unpaired) electrons. The van der Waals surface area contributed by atoms with Crippen LogP contribution in [0.5, 0.6) is 0 Å². The Bertz CT molecular complexity index is 469. The van der Waals surface area contributed by atoms with Gasteiger partial charge >= 0.3 is 0 Å². The Morgan fingerprint density at radius 2 is 2.19 bits per heavy atom. The first-order chi connectivity index (χ1) is 7.68. The standard InChI is InChI=1S/C9H11N5O2/c10-9-6(1-7(15)16)8(11-4-12-9)5-2-13-14-3-5/h2-4,7,15-16H,1H2,(H,13,14)(H2,10,11,12). The first kappa shape index (κ1) is 10.5. The number of nitrogens with one attached hydrogen (secondary N) is 1. The van der Waals surface area contributed by atoms with Crippen LogP contribution in [0.25, 0.3) is 11.3 Å². The fourth-order valence-corrected chi connectivity index (χ4v) is 1.44. The lowest BCUT2D eigenvalue weighted by atomic mass is 10.1. The van der Waals surface area contributed by atoms with E-state index in [4.69, 9.17) is 15.9 Å². The zero-order chi connectivity index (χ0) is 11.5. The van der Waals surface area contributed by atoms with Crippen LogP contribution in [0.4, 0.5) is 5.82 Å². The Hall–Kier alpha value is -1.99. The van der Waals surface area contributed by atoms with Gasteiger partial charge in [0.1, 0.15) is 12.1 Å². The third-order valence-electron chi connectivity index (χ3n) is 2.14. The first-order valence-electron chi connectivity index (χ1n) is 4.63. The largest absolute Gasteiger partial charge is 0.383 e. The van der Waals surface area contributed by atoms with E-state index in [2.05, 4.69) is 20.2 Å². The minimum atomic E-state index is -1.49. The lowest BCUT2D eigenvalue weighted by Gasteiger charge is -2.09. The number of hydrogen-bond acceptors (Lipinski definition) is 6. The molecule has 2 aromatic heterocycles.